The summed E-state index contributed by atoms with van der Waals surface area (Å²) in [4.78, 5) is 34.6. The first kappa shape index (κ1) is 18.5. The van der Waals surface area contributed by atoms with Crippen LogP contribution in [0.5, 0.6) is 0 Å². The summed E-state index contributed by atoms with van der Waals surface area (Å²) in [5, 5.41) is 6.03. The van der Waals surface area contributed by atoms with Gasteiger partial charge in [0.25, 0.3) is 5.91 Å². The average Bonchev–Trinajstić information content (AvgIpc) is 3.17. The molecule has 1 N–H and O–H groups in total. The molecule has 3 rings (SSSR count). The molecule has 0 aliphatic carbocycles. The second kappa shape index (κ2) is 8.89. The van der Waals surface area contributed by atoms with Gasteiger partial charge >= 0.3 is 0 Å². The number of thiazole rings is 1. The number of pyridine rings is 1. The maximum absolute atomic E-state index is 12.6. The largest absolute Gasteiger partial charge is 0.356 e. The van der Waals surface area contributed by atoms with Gasteiger partial charge in [0.2, 0.25) is 5.91 Å². The number of hydrogen-bond donors (Lipinski definition) is 1. The first-order chi connectivity index (χ1) is 12.7. The van der Waals surface area contributed by atoms with Crippen LogP contribution in [0.1, 0.15) is 53.2 Å². The number of nitrogens with zero attached hydrogens (tertiary/aromatic N) is 3. The molecule has 0 unspecified atom stereocenters. The highest BCUT2D eigenvalue weighted by Crippen LogP contribution is 2.30. The van der Waals surface area contributed by atoms with Crippen LogP contribution in [-0.4, -0.2) is 46.3 Å². The number of likely N-dealkylation sites (tertiary alicyclic amines) is 1. The summed E-state index contributed by atoms with van der Waals surface area (Å²) in [6.07, 6.45) is 6.58. The highest BCUT2D eigenvalue weighted by Gasteiger charge is 2.27. The van der Waals surface area contributed by atoms with Gasteiger partial charge in [-0.25, -0.2) is 4.98 Å². The second-order valence-corrected chi connectivity index (χ2v) is 7.35. The number of piperidine rings is 1. The third-order valence-corrected chi connectivity index (χ3v) is 5.62. The Bertz CT molecular complexity index is 747. The van der Waals surface area contributed by atoms with Crippen LogP contribution in [0.3, 0.4) is 0 Å². The van der Waals surface area contributed by atoms with Crippen LogP contribution in [0.25, 0.3) is 0 Å². The number of carbonyl (C=O) groups excluding carboxylic acids is 2. The predicted octanol–water partition coefficient (Wildman–Crippen LogP) is 2.63. The van der Waals surface area contributed by atoms with Crippen LogP contribution in [0.2, 0.25) is 0 Å². The maximum atomic E-state index is 12.6. The third kappa shape index (κ3) is 4.66. The molecule has 1 aliphatic rings. The smallest absolute Gasteiger partial charge is 0.255 e. The monoisotopic (exact) mass is 372 g/mol. The lowest BCUT2D eigenvalue weighted by Crippen LogP contribution is -2.39. The molecule has 2 aromatic rings. The molecular weight excluding hydrogens is 348 g/mol. The number of rotatable bonds is 6. The van der Waals surface area contributed by atoms with Crippen molar-refractivity contribution in [1.82, 2.24) is 20.2 Å². The standard InChI is InChI=1S/C19H24N4O2S/c1-2-17(24)21-9-7-16-13-26-18(22-16)15-6-4-10-23(12-15)19(25)14-5-3-8-20-11-14/h3,5,8,11,13,15H,2,4,6-7,9-10,12H2,1H3,(H,21,24)/t15-/m1/s1. The molecule has 2 aromatic heterocycles. The first-order valence-corrected chi connectivity index (χ1v) is 9.95. The third-order valence-electron chi connectivity index (χ3n) is 4.56. The Morgan fingerprint density at radius 3 is 3.08 bits per heavy atom. The molecule has 0 saturated carbocycles. The summed E-state index contributed by atoms with van der Waals surface area (Å²) in [6.45, 7) is 3.95. The average molecular weight is 372 g/mol. The molecule has 2 amide bonds. The predicted molar refractivity (Wildman–Crippen MR) is 101 cm³/mol. The molecule has 26 heavy (non-hydrogen) atoms. The van der Waals surface area contributed by atoms with Crippen LogP contribution in [-0.2, 0) is 11.2 Å². The van der Waals surface area contributed by atoms with Crippen molar-refractivity contribution < 1.29 is 9.59 Å². The molecule has 0 aromatic carbocycles. The van der Waals surface area contributed by atoms with Gasteiger partial charge in [-0.15, -0.1) is 11.3 Å². The SMILES string of the molecule is CCC(=O)NCCc1csc([C@@H]2CCCN(C(=O)c3cccnc3)C2)n1. The zero-order chi connectivity index (χ0) is 18.4. The molecule has 3 heterocycles. The first-order valence-electron chi connectivity index (χ1n) is 9.07. The van der Waals surface area contributed by atoms with Crippen molar-refractivity contribution in [2.45, 2.75) is 38.5 Å². The molecule has 1 atom stereocenters. The lowest BCUT2D eigenvalue weighted by Gasteiger charge is -2.31. The van der Waals surface area contributed by atoms with Crippen LogP contribution in [0.15, 0.2) is 29.9 Å². The van der Waals surface area contributed by atoms with E-state index in [1.807, 2.05) is 17.9 Å². The summed E-state index contributed by atoms with van der Waals surface area (Å²) < 4.78 is 0. The lowest BCUT2D eigenvalue weighted by molar-refractivity contribution is -0.120. The van der Waals surface area contributed by atoms with Gasteiger partial charge in [0.05, 0.1) is 16.3 Å². The Morgan fingerprint density at radius 2 is 2.31 bits per heavy atom. The van der Waals surface area contributed by atoms with Crippen molar-refractivity contribution in [1.29, 1.82) is 0 Å². The van der Waals surface area contributed by atoms with E-state index < -0.39 is 0 Å². The minimum absolute atomic E-state index is 0.0434. The van der Waals surface area contributed by atoms with Crippen molar-refractivity contribution in [2.75, 3.05) is 19.6 Å². The van der Waals surface area contributed by atoms with Gasteiger partial charge in [-0.05, 0) is 25.0 Å². The lowest BCUT2D eigenvalue weighted by atomic mass is 9.98. The Morgan fingerprint density at radius 1 is 1.42 bits per heavy atom. The van der Waals surface area contributed by atoms with E-state index in [4.69, 9.17) is 4.98 Å². The second-order valence-electron chi connectivity index (χ2n) is 6.46. The maximum Gasteiger partial charge on any atom is 0.255 e. The zero-order valence-electron chi connectivity index (χ0n) is 15.0. The van der Waals surface area contributed by atoms with E-state index in [9.17, 15) is 9.59 Å². The van der Waals surface area contributed by atoms with Gasteiger partial charge in [0.1, 0.15) is 0 Å². The molecule has 6 nitrogen and oxygen atoms in total. The normalized spacial score (nSPS) is 17.1. The number of amides is 2. The van der Waals surface area contributed by atoms with Gasteiger partial charge in [-0.2, -0.15) is 0 Å². The fourth-order valence-corrected chi connectivity index (χ4v) is 4.10. The van der Waals surface area contributed by atoms with E-state index in [-0.39, 0.29) is 17.7 Å². The number of hydrogen-bond acceptors (Lipinski definition) is 5. The highest BCUT2D eigenvalue weighted by molar-refractivity contribution is 7.09. The van der Waals surface area contributed by atoms with E-state index in [0.29, 0.717) is 25.1 Å². The molecular formula is C19H24N4O2S. The number of aromatic nitrogens is 2. The van der Waals surface area contributed by atoms with Crippen molar-refractivity contribution in [3.63, 3.8) is 0 Å². The van der Waals surface area contributed by atoms with E-state index in [1.165, 1.54) is 0 Å². The molecule has 0 bridgehead atoms. The van der Waals surface area contributed by atoms with E-state index in [2.05, 4.69) is 15.7 Å². The van der Waals surface area contributed by atoms with Gasteiger partial charge in [0.15, 0.2) is 0 Å². The highest BCUT2D eigenvalue weighted by atomic mass is 32.1. The Kier molecular flexibility index (Phi) is 6.33. The summed E-state index contributed by atoms with van der Waals surface area (Å²) >= 11 is 1.66. The zero-order valence-corrected chi connectivity index (χ0v) is 15.8. The molecule has 1 aliphatic heterocycles. The van der Waals surface area contributed by atoms with Gasteiger partial charge < -0.3 is 10.2 Å². The van der Waals surface area contributed by atoms with Crippen molar-refractivity contribution in [3.8, 4) is 0 Å². The topological polar surface area (TPSA) is 75.2 Å². The summed E-state index contributed by atoms with van der Waals surface area (Å²) in [6, 6.07) is 3.60. The Hall–Kier alpha value is -2.28. The fraction of sp³-hybridized carbons (Fsp3) is 0.474. The minimum Gasteiger partial charge on any atom is -0.356 e. The van der Waals surface area contributed by atoms with Gasteiger partial charge in [-0.1, -0.05) is 6.92 Å². The molecule has 0 spiro atoms. The summed E-state index contributed by atoms with van der Waals surface area (Å²) in [7, 11) is 0. The molecule has 1 saturated heterocycles. The molecule has 7 heteroatoms. The van der Waals surface area contributed by atoms with Crippen LogP contribution in [0.4, 0.5) is 0 Å². The van der Waals surface area contributed by atoms with Crippen molar-refractivity contribution >= 4 is 23.2 Å². The minimum atomic E-state index is 0.0434. The fourth-order valence-electron chi connectivity index (χ4n) is 3.11. The quantitative estimate of drug-likeness (QED) is 0.846. The van der Waals surface area contributed by atoms with Crippen LogP contribution < -0.4 is 5.32 Å². The molecule has 138 valence electrons. The molecule has 0 radical (unpaired) electrons. The van der Waals surface area contributed by atoms with E-state index in [0.717, 1.165) is 36.5 Å². The summed E-state index contributed by atoms with van der Waals surface area (Å²) in [5.74, 6) is 0.396. The number of carbonyl (C=O) groups is 2. The Labute approximate surface area is 157 Å². The van der Waals surface area contributed by atoms with Gasteiger partial charge in [0, 0.05) is 56.2 Å². The van der Waals surface area contributed by atoms with Crippen molar-refractivity contribution in [2.24, 2.45) is 0 Å². The summed E-state index contributed by atoms with van der Waals surface area (Å²) in [5.41, 5.74) is 1.65. The number of nitrogens with one attached hydrogen (secondary N) is 1. The van der Waals surface area contributed by atoms with E-state index >= 15 is 0 Å². The Balaban J connectivity index is 1.58. The molecule has 1 fully saturated rings. The van der Waals surface area contributed by atoms with Crippen molar-refractivity contribution in [3.05, 3.63) is 46.2 Å². The van der Waals surface area contributed by atoms with Crippen LogP contribution >= 0.6 is 11.3 Å². The van der Waals surface area contributed by atoms with E-state index in [1.54, 1.807) is 29.8 Å². The van der Waals surface area contributed by atoms with Gasteiger partial charge in [-0.3, -0.25) is 14.6 Å². The van der Waals surface area contributed by atoms with Crippen LogP contribution in [0, 0.1) is 0 Å².